The van der Waals surface area contributed by atoms with Crippen molar-refractivity contribution in [1.29, 1.82) is 10.5 Å². The molecule has 0 unspecified atom stereocenters. The summed E-state index contributed by atoms with van der Waals surface area (Å²) >= 11 is 0. The van der Waals surface area contributed by atoms with E-state index in [0.717, 1.165) is 55.4 Å². The van der Waals surface area contributed by atoms with Crippen molar-refractivity contribution in [2.45, 2.75) is 0 Å². The third-order valence-electron chi connectivity index (χ3n) is 9.36. The van der Waals surface area contributed by atoms with E-state index in [1.165, 1.54) is 21.8 Å². The van der Waals surface area contributed by atoms with Crippen LogP contribution in [0.4, 0.5) is 0 Å². The molecule has 9 aromatic rings. The second-order valence-electron chi connectivity index (χ2n) is 12.0. The maximum atomic E-state index is 9.95. The maximum Gasteiger partial charge on any atom is 0.0992 e. The number of nitrogens with zero attached hydrogens (tertiary/aromatic N) is 4. The molecular weight excluding hydrogens is 585 g/mol. The predicted octanol–water partition coefficient (Wildman–Crippen LogP) is 11.0. The highest BCUT2D eigenvalue weighted by molar-refractivity contribution is 6.11. The molecule has 2 heterocycles. The van der Waals surface area contributed by atoms with Crippen molar-refractivity contribution >= 4 is 43.6 Å². The van der Waals surface area contributed by atoms with Gasteiger partial charge in [0.15, 0.2) is 0 Å². The number of nitriles is 2. The molecule has 0 spiro atoms. The summed E-state index contributed by atoms with van der Waals surface area (Å²) in [7, 11) is 0. The molecular formula is C44H26N4. The molecule has 0 aliphatic heterocycles. The zero-order valence-corrected chi connectivity index (χ0v) is 25.8. The first-order valence-corrected chi connectivity index (χ1v) is 15.9. The molecule has 0 aliphatic rings. The van der Waals surface area contributed by atoms with Crippen molar-refractivity contribution in [1.82, 2.24) is 9.13 Å². The van der Waals surface area contributed by atoms with Gasteiger partial charge >= 0.3 is 0 Å². The standard InChI is InChI=1S/C44H26N4/c45-27-29-20-22-43(48-42-18-6-3-15-37(42)38-21-19-30(28-46)24-44(38)48)39(23-29)33-11-7-9-31(25-33)32-10-8-12-34(26-32)47-40-16-4-1-13-35(40)36-14-2-5-17-41(36)47/h1-26H. The Balaban J connectivity index is 1.23. The average molecular weight is 611 g/mol. The molecule has 9 rings (SSSR count). The molecule has 0 radical (unpaired) electrons. The van der Waals surface area contributed by atoms with Crippen LogP contribution in [0.1, 0.15) is 11.1 Å². The lowest BCUT2D eigenvalue weighted by Crippen LogP contribution is -1.98. The molecule has 0 atom stereocenters. The van der Waals surface area contributed by atoms with Crippen LogP contribution in [-0.4, -0.2) is 9.13 Å². The molecule has 0 amide bonds. The molecule has 4 heteroatoms. The summed E-state index contributed by atoms with van der Waals surface area (Å²) < 4.78 is 4.56. The molecule has 4 nitrogen and oxygen atoms in total. The number of hydrogen-bond donors (Lipinski definition) is 0. The topological polar surface area (TPSA) is 57.4 Å². The zero-order chi connectivity index (χ0) is 32.2. The minimum Gasteiger partial charge on any atom is -0.309 e. The van der Waals surface area contributed by atoms with Gasteiger partial charge in [-0.3, -0.25) is 0 Å². The van der Waals surface area contributed by atoms with Crippen molar-refractivity contribution < 1.29 is 0 Å². The van der Waals surface area contributed by atoms with Gasteiger partial charge in [-0.1, -0.05) is 91.0 Å². The Labute approximate surface area is 277 Å². The van der Waals surface area contributed by atoms with E-state index in [1.54, 1.807) is 0 Å². The van der Waals surface area contributed by atoms with Crippen LogP contribution in [0.5, 0.6) is 0 Å². The quantitative estimate of drug-likeness (QED) is 0.199. The molecule has 0 saturated heterocycles. The number of rotatable bonds is 4. The first-order chi connectivity index (χ1) is 23.7. The Morgan fingerprint density at radius 2 is 0.896 bits per heavy atom. The van der Waals surface area contributed by atoms with Gasteiger partial charge in [-0.05, 0) is 83.4 Å². The Morgan fingerprint density at radius 1 is 0.375 bits per heavy atom. The summed E-state index contributed by atoms with van der Waals surface area (Å²) in [5.41, 5.74) is 11.7. The van der Waals surface area contributed by atoms with Gasteiger partial charge in [0.2, 0.25) is 0 Å². The van der Waals surface area contributed by atoms with E-state index in [2.05, 4.69) is 130 Å². The van der Waals surface area contributed by atoms with E-state index in [0.29, 0.717) is 11.1 Å². The van der Waals surface area contributed by atoms with Crippen LogP contribution in [-0.2, 0) is 0 Å². The third-order valence-corrected chi connectivity index (χ3v) is 9.36. The second-order valence-corrected chi connectivity index (χ2v) is 12.0. The summed E-state index contributed by atoms with van der Waals surface area (Å²) in [6, 6.07) is 59.0. The molecule has 0 saturated carbocycles. The Hall–Kier alpha value is -6.88. The number of fused-ring (bicyclic) bond motifs is 6. The fourth-order valence-electron chi connectivity index (χ4n) is 7.22. The maximum absolute atomic E-state index is 9.95. The minimum atomic E-state index is 0.589. The molecule has 7 aromatic carbocycles. The number of benzene rings is 7. The lowest BCUT2D eigenvalue weighted by Gasteiger charge is -2.16. The molecule has 0 N–H and O–H groups in total. The molecule has 222 valence electrons. The minimum absolute atomic E-state index is 0.589. The van der Waals surface area contributed by atoms with Gasteiger partial charge in [0.1, 0.15) is 0 Å². The highest BCUT2D eigenvalue weighted by atomic mass is 15.0. The number of hydrogen-bond acceptors (Lipinski definition) is 2. The molecule has 0 bridgehead atoms. The van der Waals surface area contributed by atoms with E-state index >= 15 is 0 Å². The molecule has 2 aromatic heterocycles. The third kappa shape index (κ3) is 4.22. The van der Waals surface area contributed by atoms with Crippen LogP contribution < -0.4 is 0 Å². The van der Waals surface area contributed by atoms with Crippen molar-refractivity contribution in [3.8, 4) is 45.8 Å². The van der Waals surface area contributed by atoms with Gasteiger partial charge in [0.05, 0.1) is 51.0 Å². The Bertz CT molecular complexity index is 2760. The number of para-hydroxylation sites is 3. The number of aromatic nitrogens is 2. The smallest absolute Gasteiger partial charge is 0.0992 e. The van der Waals surface area contributed by atoms with Gasteiger partial charge in [0, 0.05) is 32.8 Å². The Morgan fingerprint density at radius 3 is 1.56 bits per heavy atom. The van der Waals surface area contributed by atoms with Crippen LogP contribution in [0.3, 0.4) is 0 Å². The SMILES string of the molecule is N#Cc1ccc(-n2c3ccccc3c3ccc(C#N)cc32)c(-c2cccc(-c3cccc(-n4c5ccccc5c5ccccc54)c3)c2)c1. The van der Waals surface area contributed by atoms with Crippen LogP contribution in [0, 0.1) is 22.7 Å². The van der Waals surface area contributed by atoms with Crippen LogP contribution in [0.2, 0.25) is 0 Å². The lowest BCUT2D eigenvalue weighted by atomic mass is 9.96. The van der Waals surface area contributed by atoms with E-state index in [1.807, 2.05) is 48.5 Å². The largest absolute Gasteiger partial charge is 0.309 e. The molecule has 0 aliphatic carbocycles. The predicted molar refractivity (Wildman–Crippen MR) is 195 cm³/mol. The van der Waals surface area contributed by atoms with Crippen LogP contribution in [0.15, 0.2) is 158 Å². The van der Waals surface area contributed by atoms with E-state index in [4.69, 9.17) is 0 Å². The monoisotopic (exact) mass is 610 g/mol. The Kier molecular flexibility index (Phi) is 6.22. The molecule has 48 heavy (non-hydrogen) atoms. The fourth-order valence-corrected chi connectivity index (χ4v) is 7.22. The first kappa shape index (κ1) is 27.4. The zero-order valence-electron chi connectivity index (χ0n) is 25.8. The van der Waals surface area contributed by atoms with Crippen LogP contribution in [0.25, 0.3) is 77.2 Å². The van der Waals surface area contributed by atoms with Gasteiger partial charge in [0.25, 0.3) is 0 Å². The van der Waals surface area contributed by atoms with E-state index in [9.17, 15) is 10.5 Å². The summed E-state index contributed by atoms with van der Waals surface area (Å²) in [6.07, 6.45) is 0. The normalized spacial score (nSPS) is 11.3. The van der Waals surface area contributed by atoms with Crippen molar-refractivity contribution in [3.63, 3.8) is 0 Å². The average Bonchev–Trinajstić information content (AvgIpc) is 3.67. The van der Waals surface area contributed by atoms with Gasteiger partial charge in [-0.25, -0.2) is 0 Å². The first-order valence-electron chi connectivity index (χ1n) is 15.9. The lowest BCUT2D eigenvalue weighted by molar-refractivity contribution is 1.18. The van der Waals surface area contributed by atoms with Gasteiger partial charge in [-0.2, -0.15) is 10.5 Å². The highest BCUT2D eigenvalue weighted by Crippen LogP contribution is 2.39. The fraction of sp³-hybridized carbons (Fsp3) is 0. The van der Waals surface area contributed by atoms with Crippen molar-refractivity contribution in [3.05, 3.63) is 169 Å². The summed E-state index contributed by atoms with van der Waals surface area (Å²) in [5, 5.41) is 24.4. The van der Waals surface area contributed by atoms with Crippen molar-refractivity contribution in [2.75, 3.05) is 0 Å². The summed E-state index contributed by atoms with van der Waals surface area (Å²) in [6.45, 7) is 0. The van der Waals surface area contributed by atoms with Crippen molar-refractivity contribution in [2.24, 2.45) is 0 Å². The summed E-state index contributed by atoms with van der Waals surface area (Å²) in [5.74, 6) is 0. The summed E-state index contributed by atoms with van der Waals surface area (Å²) in [4.78, 5) is 0. The van der Waals surface area contributed by atoms with Crippen LogP contribution >= 0.6 is 0 Å². The molecule has 0 fully saturated rings. The second kappa shape index (κ2) is 10.9. The highest BCUT2D eigenvalue weighted by Gasteiger charge is 2.18. The van der Waals surface area contributed by atoms with Gasteiger partial charge in [-0.15, -0.1) is 0 Å². The van der Waals surface area contributed by atoms with E-state index in [-0.39, 0.29) is 0 Å². The van der Waals surface area contributed by atoms with Gasteiger partial charge < -0.3 is 9.13 Å². The van der Waals surface area contributed by atoms with E-state index < -0.39 is 0 Å².